The van der Waals surface area contributed by atoms with Crippen molar-refractivity contribution in [3.8, 4) is 5.75 Å². The maximum atomic E-state index is 12.9. The lowest BCUT2D eigenvalue weighted by Gasteiger charge is -2.10. The largest absolute Gasteiger partial charge is 0.495 e. The third-order valence-electron chi connectivity index (χ3n) is 4.30. The van der Waals surface area contributed by atoms with E-state index in [-0.39, 0.29) is 23.4 Å². The van der Waals surface area contributed by atoms with E-state index in [9.17, 15) is 17.6 Å². The van der Waals surface area contributed by atoms with E-state index in [0.717, 1.165) is 23.1 Å². The summed E-state index contributed by atoms with van der Waals surface area (Å²) in [5.74, 6) is 0.0544. The van der Waals surface area contributed by atoms with Gasteiger partial charge in [-0.2, -0.15) is 0 Å². The molecule has 0 saturated heterocycles. The van der Waals surface area contributed by atoms with Crippen molar-refractivity contribution in [1.29, 1.82) is 0 Å². The van der Waals surface area contributed by atoms with Crippen LogP contribution in [0.15, 0.2) is 52.2 Å². The highest BCUT2D eigenvalue weighted by atomic mass is 32.2. The molecule has 0 aliphatic carbocycles. The summed E-state index contributed by atoms with van der Waals surface area (Å²) in [6.07, 6.45) is 0.211. The van der Waals surface area contributed by atoms with Crippen molar-refractivity contribution in [2.75, 3.05) is 13.7 Å². The van der Waals surface area contributed by atoms with Crippen molar-refractivity contribution in [2.45, 2.75) is 18.2 Å². The zero-order valence-electron chi connectivity index (χ0n) is 14.9. The molecule has 0 aliphatic rings. The number of hydrogen-bond acceptors (Lipinski definition) is 4. The van der Waals surface area contributed by atoms with E-state index >= 15 is 0 Å². The van der Waals surface area contributed by atoms with Gasteiger partial charge >= 0.3 is 0 Å². The Balaban J connectivity index is 1.81. The van der Waals surface area contributed by atoms with Crippen LogP contribution >= 0.6 is 0 Å². The summed E-state index contributed by atoms with van der Waals surface area (Å²) < 4.78 is 45.1. The molecule has 0 atom stereocenters. The fourth-order valence-corrected chi connectivity index (χ4v) is 3.86. The lowest BCUT2D eigenvalue weighted by atomic mass is 10.1. The number of ether oxygens (including phenoxy) is 1. The van der Waals surface area contributed by atoms with E-state index in [2.05, 4.69) is 9.71 Å². The first-order chi connectivity index (χ1) is 12.8. The Morgan fingerprint density at radius 2 is 1.85 bits per heavy atom. The summed E-state index contributed by atoms with van der Waals surface area (Å²) in [5, 5.41) is 0.838. The molecule has 2 N–H and O–H groups in total. The normalized spacial score (nSPS) is 11.7. The quantitative estimate of drug-likeness (QED) is 0.677. The van der Waals surface area contributed by atoms with E-state index in [1.165, 1.54) is 19.2 Å². The molecule has 0 bridgehead atoms. The number of rotatable bonds is 6. The number of fused-ring (bicyclic) bond motifs is 1. The van der Waals surface area contributed by atoms with Gasteiger partial charge in [-0.1, -0.05) is 6.07 Å². The standard InChI is InChI=1S/C19H19FN2O4S/c1-12-3-8-17(26-2)18-16(12)11-13(19(23)22-18)9-10-21-27(24,25)15-6-4-14(20)5-7-15/h3-8,11,21H,9-10H2,1-2H3,(H,22,23). The van der Waals surface area contributed by atoms with Gasteiger partial charge in [0.05, 0.1) is 17.5 Å². The number of H-pyrrole nitrogens is 1. The summed E-state index contributed by atoms with van der Waals surface area (Å²) in [4.78, 5) is 15.1. The average Bonchev–Trinajstić information content (AvgIpc) is 2.63. The van der Waals surface area contributed by atoms with E-state index in [1.54, 1.807) is 12.1 Å². The van der Waals surface area contributed by atoms with Crippen LogP contribution in [0.25, 0.3) is 10.9 Å². The highest BCUT2D eigenvalue weighted by molar-refractivity contribution is 7.89. The third-order valence-corrected chi connectivity index (χ3v) is 5.78. The number of methoxy groups -OCH3 is 1. The van der Waals surface area contributed by atoms with Gasteiger partial charge in [0.1, 0.15) is 11.6 Å². The summed E-state index contributed by atoms with van der Waals surface area (Å²) in [5.41, 5.74) is 1.74. The Morgan fingerprint density at radius 3 is 2.52 bits per heavy atom. The van der Waals surface area contributed by atoms with Crippen LogP contribution in [0.2, 0.25) is 0 Å². The van der Waals surface area contributed by atoms with Gasteiger partial charge in [-0.15, -0.1) is 0 Å². The molecule has 27 heavy (non-hydrogen) atoms. The molecular formula is C19H19FN2O4S. The molecule has 0 fully saturated rings. The summed E-state index contributed by atoms with van der Waals surface area (Å²) in [6, 6.07) is 9.96. The van der Waals surface area contributed by atoms with Crippen LogP contribution < -0.4 is 15.0 Å². The topological polar surface area (TPSA) is 88.3 Å². The van der Waals surface area contributed by atoms with Crippen molar-refractivity contribution < 1.29 is 17.5 Å². The molecule has 0 aliphatic heterocycles. The lowest BCUT2D eigenvalue weighted by Crippen LogP contribution is -2.27. The Kier molecular flexibility index (Phi) is 5.29. The summed E-state index contributed by atoms with van der Waals surface area (Å²) >= 11 is 0. The van der Waals surface area contributed by atoms with Crippen LogP contribution in [0.5, 0.6) is 5.75 Å². The molecule has 0 radical (unpaired) electrons. The second-order valence-electron chi connectivity index (χ2n) is 6.10. The number of aromatic amines is 1. The van der Waals surface area contributed by atoms with Gasteiger partial charge in [-0.25, -0.2) is 17.5 Å². The van der Waals surface area contributed by atoms with Gasteiger partial charge in [-0.05, 0) is 55.3 Å². The molecule has 2 aromatic carbocycles. The fourth-order valence-electron chi connectivity index (χ4n) is 2.83. The molecule has 1 aromatic heterocycles. The Morgan fingerprint density at radius 1 is 1.15 bits per heavy atom. The minimum atomic E-state index is -3.77. The molecule has 8 heteroatoms. The number of halogens is 1. The summed E-state index contributed by atoms with van der Waals surface area (Å²) in [7, 11) is -2.24. The first kappa shape index (κ1) is 19.1. The Bertz CT molecular complexity index is 1140. The van der Waals surface area contributed by atoms with Crippen molar-refractivity contribution in [1.82, 2.24) is 9.71 Å². The molecular weight excluding hydrogens is 371 g/mol. The van der Waals surface area contributed by atoms with Crippen molar-refractivity contribution >= 4 is 20.9 Å². The Hall–Kier alpha value is -2.71. The number of benzene rings is 2. The van der Waals surface area contributed by atoms with Crippen LogP contribution in [0.4, 0.5) is 4.39 Å². The SMILES string of the molecule is COc1ccc(C)c2cc(CCNS(=O)(=O)c3ccc(F)cc3)c(=O)[nH]c12. The highest BCUT2D eigenvalue weighted by Gasteiger charge is 2.14. The molecule has 0 unspecified atom stereocenters. The number of nitrogens with one attached hydrogen (secondary N) is 2. The Labute approximate surface area is 156 Å². The van der Waals surface area contributed by atoms with Crippen LogP contribution in [-0.4, -0.2) is 27.1 Å². The number of aryl methyl sites for hydroxylation is 1. The predicted octanol–water partition coefficient (Wildman–Crippen LogP) is 2.51. The number of aromatic nitrogens is 1. The van der Waals surface area contributed by atoms with E-state index in [4.69, 9.17) is 4.74 Å². The minimum absolute atomic E-state index is 0.0306. The third kappa shape index (κ3) is 4.01. The van der Waals surface area contributed by atoms with Gasteiger partial charge in [0, 0.05) is 17.5 Å². The zero-order chi connectivity index (χ0) is 19.6. The number of pyridine rings is 1. The van der Waals surface area contributed by atoms with Gasteiger partial charge in [0.15, 0.2) is 0 Å². The molecule has 1 heterocycles. The summed E-state index contributed by atoms with van der Waals surface area (Å²) in [6.45, 7) is 1.96. The first-order valence-electron chi connectivity index (χ1n) is 8.26. The first-order valence-corrected chi connectivity index (χ1v) is 9.75. The maximum Gasteiger partial charge on any atom is 0.251 e. The van der Waals surface area contributed by atoms with Crippen molar-refractivity contribution in [3.63, 3.8) is 0 Å². The number of sulfonamides is 1. The van der Waals surface area contributed by atoms with Crippen molar-refractivity contribution in [3.05, 3.63) is 69.8 Å². The zero-order valence-corrected chi connectivity index (χ0v) is 15.7. The lowest BCUT2D eigenvalue weighted by molar-refractivity contribution is 0.418. The van der Waals surface area contributed by atoms with Crippen molar-refractivity contribution in [2.24, 2.45) is 0 Å². The fraction of sp³-hybridized carbons (Fsp3) is 0.211. The van der Waals surface area contributed by atoms with Gasteiger partial charge in [0.25, 0.3) is 5.56 Å². The minimum Gasteiger partial charge on any atom is -0.495 e. The highest BCUT2D eigenvalue weighted by Crippen LogP contribution is 2.25. The monoisotopic (exact) mass is 390 g/mol. The molecule has 0 amide bonds. The van der Waals surface area contributed by atoms with Crippen LogP contribution in [0.1, 0.15) is 11.1 Å². The molecule has 3 rings (SSSR count). The van der Waals surface area contributed by atoms with Gasteiger partial charge in [0.2, 0.25) is 10.0 Å². The second-order valence-corrected chi connectivity index (χ2v) is 7.87. The van der Waals surface area contributed by atoms with Crippen LogP contribution in [0.3, 0.4) is 0 Å². The molecule has 0 spiro atoms. The van der Waals surface area contributed by atoms with E-state index in [1.807, 2.05) is 13.0 Å². The van der Waals surface area contributed by atoms with E-state index < -0.39 is 15.8 Å². The molecule has 0 saturated carbocycles. The van der Waals surface area contributed by atoms with Crippen LogP contribution in [-0.2, 0) is 16.4 Å². The van der Waals surface area contributed by atoms with Gasteiger partial charge in [-0.3, -0.25) is 4.79 Å². The smallest absolute Gasteiger partial charge is 0.251 e. The maximum absolute atomic E-state index is 12.9. The molecule has 142 valence electrons. The van der Waals surface area contributed by atoms with E-state index in [0.29, 0.717) is 16.8 Å². The predicted molar refractivity (Wildman–Crippen MR) is 101 cm³/mol. The second kappa shape index (κ2) is 7.50. The molecule has 3 aromatic rings. The average molecular weight is 390 g/mol. The molecule has 6 nitrogen and oxygen atoms in total. The number of hydrogen-bond donors (Lipinski definition) is 2. The van der Waals surface area contributed by atoms with Crippen LogP contribution in [0, 0.1) is 12.7 Å². The van der Waals surface area contributed by atoms with Gasteiger partial charge < -0.3 is 9.72 Å².